The van der Waals surface area contributed by atoms with Gasteiger partial charge in [0.25, 0.3) is 0 Å². The van der Waals surface area contributed by atoms with E-state index in [4.69, 9.17) is 5.11 Å². The average molecular weight is 497 g/mol. The highest BCUT2D eigenvalue weighted by molar-refractivity contribution is 5.69. The molecule has 1 spiro atoms. The molecular weight excluding hydrogens is 460 g/mol. The molecule has 1 aliphatic carbocycles. The summed E-state index contributed by atoms with van der Waals surface area (Å²) >= 11 is 0. The van der Waals surface area contributed by atoms with E-state index in [1.807, 2.05) is 12.1 Å². The Morgan fingerprint density at radius 2 is 1.62 bits per heavy atom. The summed E-state index contributed by atoms with van der Waals surface area (Å²) < 4.78 is 0. The number of piperidine rings is 1. The lowest BCUT2D eigenvalue weighted by Gasteiger charge is -2.38. The van der Waals surface area contributed by atoms with Gasteiger partial charge in [0.05, 0.1) is 6.54 Å². The second-order valence-corrected chi connectivity index (χ2v) is 11.3. The SMILES string of the molecule is O=C(O)CN1CCC2(CC1)CCN(c1ccc([C@@H]3c4ccc(O)cc4CC[C@@H]3c3ccccc3)cc1)C2. The molecule has 37 heavy (non-hydrogen) atoms. The zero-order chi connectivity index (χ0) is 25.4. The second-order valence-electron chi connectivity index (χ2n) is 11.3. The lowest BCUT2D eigenvalue weighted by molar-refractivity contribution is -0.138. The minimum absolute atomic E-state index is 0.162. The summed E-state index contributed by atoms with van der Waals surface area (Å²) in [5.74, 6) is 0.304. The Bertz CT molecular complexity index is 1250. The van der Waals surface area contributed by atoms with Crippen LogP contribution < -0.4 is 4.90 Å². The molecule has 0 radical (unpaired) electrons. The van der Waals surface area contributed by atoms with Gasteiger partial charge in [-0.2, -0.15) is 0 Å². The van der Waals surface area contributed by atoms with E-state index in [-0.39, 0.29) is 12.5 Å². The minimum atomic E-state index is -0.726. The highest BCUT2D eigenvalue weighted by Gasteiger charge is 2.41. The largest absolute Gasteiger partial charge is 0.508 e. The monoisotopic (exact) mass is 496 g/mol. The highest BCUT2D eigenvalue weighted by Crippen LogP contribution is 2.47. The van der Waals surface area contributed by atoms with Crippen molar-refractivity contribution in [1.29, 1.82) is 0 Å². The van der Waals surface area contributed by atoms with Crippen LogP contribution in [-0.4, -0.2) is 53.8 Å². The number of aryl methyl sites for hydroxylation is 1. The smallest absolute Gasteiger partial charge is 0.317 e. The molecular formula is C32H36N2O3. The fraction of sp³-hybridized carbons (Fsp3) is 0.406. The minimum Gasteiger partial charge on any atom is -0.508 e. The van der Waals surface area contributed by atoms with E-state index in [2.05, 4.69) is 70.5 Å². The van der Waals surface area contributed by atoms with Crippen molar-refractivity contribution in [2.24, 2.45) is 5.41 Å². The molecule has 0 aromatic heterocycles. The van der Waals surface area contributed by atoms with Crippen molar-refractivity contribution in [3.05, 3.63) is 95.1 Å². The Hall–Kier alpha value is -3.31. The molecule has 2 saturated heterocycles. The van der Waals surface area contributed by atoms with Crippen LogP contribution in [0.2, 0.25) is 0 Å². The normalized spacial score (nSPS) is 23.2. The van der Waals surface area contributed by atoms with Crippen LogP contribution in [0.1, 0.15) is 59.8 Å². The van der Waals surface area contributed by atoms with Crippen LogP contribution in [0.5, 0.6) is 5.75 Å². The Morgan fingerprint density at radius 1 is 0.892 bits per heavy atom. The molecule has 2 atom stereocenters. The van der Waals surface area contributed by atoms with Crippen LogP contribution >= 0.6 is 0 Å². The fourth-order valence-electron chi connectivity index (χ4n) is 7.11. The van der Waals surface area contributed by atoms with Crippen LogP contribution in [0.15, 0.2) is 72.8 Å². The number of aliphatic carboxylic acids is 1. The van der Waals surface area contributed by atoms with E-state index in [0.29, 0.717) is 17.1 Å². The summed E-state index contributed by atoms with van der Waals surface area (Å²) in [6.07, 6.45) is 5.40. The summed E-state index contributed by atoms with van der Waals surface area (Å²) in [5, 5.41) is 19.2. The van der Waals surface area contributed by atoms with E-state index in [9.17, 15) is 9.90 Å². The van der Waals surface area contributed by atoms with Crippen molar-refractivity contribution in [2.75, 3.05) is 37.6 Å². The fourth-order valence-corrected chi connectivity index (χ4v) is 7.11. The second kappa shape index (κ2) is 9.86. The number of phenols is 1. The van der Waals surface area contributed by atoms with Gasteiger partial charge in [0, 0.05) is 24.7 Å². The van der Waals surface area contributed by atoms with Crippen LogP contribution in [0, 0.1) is 5.41 Å². The van der Waals surface area contributed by atoms with Crippen LogP contribution in [0.25, 0.3) is 0 Å². The number of hydrogen-bond acceptors (Lipinski definition) is 4. The van der Waals surface area contributed by atoms with Crippen LogP contribution in [0.4, 0.5) is 5.69 Å². The van der Waals surface area contributed by atoms with Gasteiger partial charge >= 0.3 is 5.97 Å². The van der Waals surface area contributed by atoms with Gasteiger partial charge in [-0.1, -0.05) is 48.5 Å². The lowest BCUT2D eigenvalue weighted by Crippen LogP contribution is -2.43. The third-order valence-corrected chi connectivity index (χ3v) is 9.15. The topological polar surface area (TPSA) is 64.0 Å². The van der Waals surface area contributed by atoms with Crippen molar-refractivity contribution < 1.29 is 15.0 Å². The van der Waals surface area contributed by atoms with Crippen LogP contribution in [0.3, 0.4) is 0 Å². The maximum absolute atomic E-state index is 11.1. The molecule has 3 aromatic rings. The number of aromatic hydroxyl groups is 1. The Balaban J connectivity index is 1.22. The van der Waals surface area contributed by atoms with Gasteiger partial charge in [0.2, 0.25) is 0 Å². The molecule has 192 valence electrons. The first kappa shape index (κ1) is 24.1. The van der Waals surface area contributed by atoms with Crippen molar-refractivity contribution in [2.45, 2.75) is 43.9 Å². The van der Waals surface area contributed by atoms with Crippen molar-refractivity contribution >= 4 is 11.7 Å². The third kappa shape index (κ3) is 4.85. The van der Waals surface area contributed by atoms with E-state index in [1.165, 1.54) is 34.4 Å². The van der Waals surface area contributed by atoms with Gasteiger partial charge in [-0.3, -0.25) is 9.69 Å². The Labute approximate surface area is 219 Å². The number of benzene rings is 3. The number of likely N-dealkylation sites (tertiary alicyclic amines) is 1. The first-order chi connectivity index (χ1) is 18.0. The molecule has 0 bridgehead atoms. The average Bonchev–Trinajstić information content (AvgIpc) is 3.33. The molecule has 2 fully saturated rings. The summed E-state index contributed by atoms with van der Waals surface area (Å²) in [6, 6.07) is 26.0. The first-order valence-electron chi connectivity index (χ1n) is 13.7. The lowest BCUT2D eigenvalue weighted by atomic mass is 9.69. The molecule has 5 heteroatoms. The van der Waals surface area contributed by atoms with Crippen molar-refractivity contribution in [3.8, 4) is 5.75 Å². The number of fused-ring (bicyclic) bond motifs is 1. The van der Waals surface area contributed by atoms with Gasteiger partial charge in [0.1, 0.15) is 5.75 Å². The Morgan fingerprint density at radius 3 is 2.35 bits per heavy atom. The molecule has 5 nitrogen and oxygen atoms in total. The molecule has 3 aliphatic rings. The maximum atomic E-state index is 11.1. The number of nitrogens with zero attached hydrogens (tertiary/aromatic N) is 2. The summed E-state index contributed by atoms with van der Waals surface area (Å²) in [6.45, 7) is 4.06. The highest BCUT2D eigenvalue weighted by atomic mass is 16.4. The van der Waals surface area contributed by atoms with E-state index >= 15 is 0 Å². The number of carboxylic acids is 1. The number of hydrogen-bond donors (Lipinski definition) is 2. The third-order valence-electron chi connectivity index (χ3n) is 9.15. The van der Waals surface area contributed by atoms with Gasteiger partial charge in [0.15, 0.2) is 0 Å². The number of carbonyl (C=O) groups is 1. The van der Waals surface area contributed by atoms with Crippen molar-refractivity contribution in [3.63, 3.8) is 0 Å². The van der Waals surface area contributed by atoms with Crippen molar-refractivity contribution in [1.82, 2.24) is 4.90 Å². The first-order valence-corrected chi connectivity index (χ1v) is 13.7. The van der Waals surface area contributed by atoms with Gasteiger partial charge in [-0.15, -0.1) is 0 Å². The molecule has 6 rings (SSSR count). The quantitative estimate of drug-likeness (QED) is 0.479. The van der Waals surface area contributed by atoms with E-state index in [1.54, 1.807) is 0 Å². The molecule has 2 aliphatic heterocycles. The molecule has 2 N–H and O–H groups in total. The standard InChI is InChI=1S/C32H36N2O3/c35-27-11-13-29-25(20-27)8-12-28(23-4-2-1-3-5-23)31(29)24-6-9-26(10-7-24)34-19-16-32(22-34)14-17-33(18-15-32)21-30(36)37/h1-7,9-11,13,20,28,31,35H,8,12,14-19,21-22H2,(H,36,37)/t28-,31+/m1/s1. The zero-order valence-corrected chi connectivity index (χ0v) is 21.4. The predicted molar refractivity (Wildman–Crippen MR) is 146 cm³/mol. The number of carboxylic acid groups (broad SMARTS) is 1. The summed E-state index contributed by atoms with van der Waals surface area (Å²) in [5.41, 5.74) is 6.91. The molecule has 0 unspecified atom stereocenters. The number of phenolic OH excluding ortho intramolecular Hbond substituents is 1. The van der Waals surface area contributed by atoms with Gasteiger partial charge in [-0.25, -0.2) is 0 Å². The Kier molecular flexibility index (Phi) is 6.41. The predicted octanol–water partition coefficient (Wildman–Crippen LogP) is 5.63. The maximum Gasteiger partial charge on any atom is 0.317 e. The van der Waals surface area contributed by atoms with E-state index in [0.717, 1.165) is 51.9 Å². The number of rotatable bonds is 5. The molecule has 2 heterocycles. The zero-order valence-electron chi connectivity index (χ0n) is 21.4. The summed E-state index contributed by atoms with van der Waals surface area (Å²) in [7, 11) is 0. The molecule has 0 saturated carbocycles. The van der Waals surface area contributed by atoms with Gasteiger partial charge in [-0.05, 0) is 103 Å². The number of anilines is 1. The van der Waals surface area contributed by atoms with Gasteiger partial charge < -0.3 is 15.1 Å². The molecule has 3 aromatic carbocycles. The van der Waals surface area contributed by atoms with Crippen LogP contribution in [-0.2, 0) is 11.2 Å². The van der Waals surface area contributed by atoms with E-state index < -0.39 is 5.97 Å². The summed E-state index contributed by atoms with van der Waals surface area (Å²) in [4.78, 5) is 15.7. The molecule has 0 amide bonds.